The lowest BCUT2D eigenvalue weighted by atomic mass is 10.2. The molecule has 0 bridgehead atoms. The summed E-state index contributed by atoms with van der Waals surface area (Å²) in [5.74, 6) is 2.28. The van der Waals surface area contributed by atoms with Crippen molar-refractivity contribution in [3.8, 4) is 11.5 Å². The molecule has 0 spiro atoms. The highest BCUT2D eigenvalue weighted by molar-refractivity contribution is 5.92. The molecule has 1 amide bonds. The number of aromatic nitrogens is 2. The van der Waals surface area contributed by atoms with Gasteiger partial charge in [-0.05, 0) is 30.7 Å². The fourth-order valence-electron chi connectivity index (χ4n) is 3.24. The van der Waals surface area contributed by atoms with Crippen molar-refractivity contribution >= 4 is 5.91 Å². The van der Waals surface area contributed by atoms with Gasteiger partial charge in [-0.3, -0.25) is 9.69 Å². The van der Waals surface area contributed by atoms with E-state index in [1.165, 1.54) is 0 Å². The first-order valence-corrected chi connectivity index (χ1v) is 8.68. The van der Waals surface area contributed by atoms with E-state index in [0.29, 0.717) is 12.2 Å². The van der Waals surface area contributed by atoms with Crippen LogP contribution in [0.1, 0.15) is 35.2 Å². The van der Waals surface area contributed by atoms with Crippen LogP contribution in [0.3, 0.4) is 0 Å². The zero-order chi connectivity index (χ0) is 17.2. The van der Waals surface area contributed by atoms with E-state index in [-0.39, 0.29) is 12.7 Å². The summed E-state index contributed by atoms with van der Waals surface area (Å²) in [4.78, 5) is 19.3. The number of nitrogens with zero attached hydrogens (tertiary/aromatic N) is 3. The average molecular weight is 342 g/mol. The van der Waals surface area contributed by atoms with Gasteiger partial charge in [-0.25, -0.2) is 4.98 Å². The number of hydrogen-bond acceptors (Lipinski definition) is 5. The molecular weight excluding hydrogens is 320 g/mol. The summed E-state index contributed by atoms with van der Waals surface area (Å²) >= 11 is 0. The molecule has 3 heterocycles. The zero-order valence-corrected chi connectivity index (χ0v) is 14.3. The highest BCUT2D eigenvalue weighted by Crippen LogP contribution is 2.32. The molecule has 0 radical (unpaired) electrons. The van der Waals surface area contributed by atoms with E-state index >= 15 is 0 Å². The molecule has 2 aliphatic heterocycles. The van der Waals surface area contributed by atoms with Crippen LogP contribution in [0.15, 0.2) is 24.4 Å². The van der Waals surface area contributed by atoms with Crippen LogP contribution in [0.2, 0.25) is 0 Å². The van der Waals surface area contributed by atoms with Crippen LogP contribution in [-0.4, -0.2) is 40.2 Å². The van der Waals surface area contributed by atoms with Crippen molar-refractivity contribution in [1.29, 1.82) is 0 Å². The highest BCUT2D eigenvalue weighted by Gasteiger charge is 2.20. The molecular formula is C18H22N4O3. The Morgan fingerprint density at radius 1 is 1.28 bits per heavy atom. The second-order valence-electron chi connectivity index (χ2n) is 6.38. The molecule has 7 nitrogen and oxygen atoms in total. The smallest absolute Gasteiger partial charge is 0.271 e. The third-order valence-electron chi connectivity index (χ3n) is 4.54. The van der Waals surface area contributed by atoms with Crippen LogP contribution in [0.5, 0.6) is 11.5 Å². The minimum atomic E-state index is -0.151. The molecule has 0 fully saturated rings. The van der Waals surface area contributed by atoms with E-state index in [0.717, 1.165) is 55.5 Å². The molecule has 2 aliphatic rings. The SMILES string of the molecule is CCCN1CCn2cc(C(=O)NCc3ccc4c(c3)OCO4)nc2C1. The summed E-state index contributed by atoms with van der Waals surface area (Å²) in [5.41, 5.74) is 1.45. The van der Waals surface area contributed by atoms with Crippen molar-refractivity contribution in [3.63, 3.8) is 0 Å². The second-order valence-corrected chi connectivity index (χ2v) is 6.38. The highest BCUT2D eigenvalue weighted by atomic mass is 16.7. The first-order valence-electron chi connectivity index (χ1n) is 8.68. The molecule has 0 aliphatic carbocycles. The van der Waals surface area contributed by atoms with Gasteiger partial charge >= 0.3 is 0 Å². The van der Waals surface area contributed by atoms with Gasteiger partial charge in [-0.1, -0.05) is 13.0 Å². The number of carbonyl (C=O) groups is 1. The van der Waals surface area contributed by atoms with E-state index in [1.54, 1.807) is 0 Å². The summed E-state index contributed by atoms with van der Waals surface area (Å²) in [6.07, 6.45) is 2.98. The van der Waals surface area contributed by atoms with Crippen LogP contribution in [0.4, 0.5) is 0 Å². The summed E-state index contributed by atoms with van der Waals surface area (Å²) in [5, 5.41) is 2.93. The number of amides is 1. The third kappa shape index (κ3) is 3.32. The van der Waals surface area contributed by atoms with Crippen LogP contribution in [0, 0.1) is 0 Å². The Morgan fingerprint density at radius 3 is 3.04 bits per heavy atom. The van der Waals surface area contributed by atoms with E-state index in [4.69, 9.17) is 9.47 Å². The summed E-state index contributed by atoms with van der Waals surface area (Å²) < 4.78 is 12.7. The van der Waals surface area contributed by atoms with E-state index in [2.05, 4.69) is 26.7 Å². The van der Waals surface area contributed by atoms with Gasteiger partial charge in [-0.15, -0.1) is 0 Å². The molecule has 0 saturated heterocycles. The predicted octanol–water partition coefficient (Wildman–Crippen LogP) is 1.77. The lowest BCUT2D eigenvalue weighted by Gasteiger charge is -2.26. The van der Waals surface area contributed by atoms with Crippen molar-refractivity contribution in [2.24, 2.45) is 0 Å². The molecule has 25 heavy (non-hydrogen) atoms. The number of imidazole rings is 1. The third-order valence-corrected chi connectivity index (χ3v) is 4.54. The Hall–Kier alpha value is -2.54. The fourth-order valence-corrected chi connectivity index (χ4v) is 3.24. The van der Waals surface area contributed by atoms with Crippen molar-refractivity contribution in [2.45, 2.75) is 33.0 Å². The predicted molar refractivity (Wildman–Crippen MR) is 91.5 cm³/mol. The van der Waals surface area contributed by atoms with Gasteiger partial charge in [0.15, 0.2) is 11.5 Å². The number of benzene rings is 1. The molecule has 2 aromatic rings. The number of nitrogens with one attached hydrogen (secondary N) is 1. The topological polar surface area (TPSA) is 68.6 Å². The van der Waals surface area contributed by atoms with Gasteiger partial charge in [0.25, 0.3) is 5.91 Å². The standard InChI is InChI=1S/C18H22N4O3/c1-2-5-21-6-7-22-10-14(20-17(22)11-21)18(23)19-9-13-3-4-15-16(8-13)25-12-24-15/h3-4,8,10H,2,5-7,9,11-12H2,1H3,(H,19,23). The molecule has 0 atom stereocenters. The van der Waals surface area contributed by atoms with Gasteiger partial charge in [0.05, 0.1) is 6.54 Å². The van der Waals surface area contributed by atoms with E-state index < -0.39 is 0 Å². The van der Waals surface area contributed by atoms with Crippen LogP contribution in [-0.2, 0) is 19.6 Å². The number of rotatable bonds is 5. The molecule has 1 aromatic carbocycles. The van der Waals surface area contributed by atoms with E-state index in [1.807, 2.05) is 24.4 Å². The molecule has 0 unspecified atom stereocenters. The van der Waals surface area contributed by atoms with Crippen molar-refractivity contribution in [1.82, 2.24) is 19.8 Å². The van der Waals surface area contributed by atoms with Gasteiger partial charge in [0, 0.05) is 25.8 Å². The molecule has 1 aromatic heterocycles. The Balaban J connectivity index is 1.39. The number of fused-ring (bicyclic) bond motifs is 2. The fraction of sp³-hybridized carbons (Fsp3) is 0.444. The van der Waals surface area contributed by atoms with Gasteiger partial charge < -0.3 is 19.4 Å². The number of hydrogen-bond donors (Lipinski definition) is 1. The quantitative estimate of drug-likeness (QED) is 0.897. The maximum Gasteiger partial charge on any atom is 0.271 e. The minimum absolute atomic E-state index is 0.151. The Labute approximate surface area is 146 Å². The van der Waals surface area contributed by atoms with Gasteiger partial charge in [-0.2, -0.15) is 0 Å². The van der Waals surface area contributed by atoms with Crippen LogP contribution >= 0.6 is 0 Å². The molecule has 4 rings (SSSR count). The Bertz CT molecular complexity index is 787. The van der Waals surface area contributed by atoms with E-state index in [9.17, 15) is 4.79 Å². The van der Waals surface area contributed by atoms with Crippen molar-refractivity contribution < 1.29 is 14.3 Å². The summed E-state index contributed by atoms with van der Waals surface area (Å²) in [6, 6.07) is 5.68. The first kappa shape index (κ1) is 16.0. The summed E-state index contributed by atoms with van der Waals surface area (Å²) in [7, 11) is 0. The molecule has 1 N–H and O–H groups in total. The lowest BCUT2D eigenvalue weighted by Crippen LogP contribution is -2.34. The van der Waals surface area contributed by atoms with Crippen LogP contribution < -0.4 is 14.8 Å². The monoisotopic (exact) mass is 342 g/mol. The zero-order valence-electron chi connectivity index (χ0n) is 14.3. The Morgan fingerprint density at radius 2 is 2.16 bits per heavy atom. The molecule has 0 saturated carbocycles. The van der Waals surface area contributed by atoms with Crippen molar-refractivity contribution in [3.05, 3.63) is 41.5 Å². The average Bonchev–Trinajstić information content (AvgIpc) is 3.25. The Kier molecular flexibility index (Phi) is 4.31. The second kappa shape index (κ2) is 6.76. The molecule has 7 heteroatoms. The maximum atomic E-state index is 12.4. The minimum Gasteiger partial charge on any atom is -0.454 e. The van der Waals surface area contributed by atoms with Crippen LogP contribution in [0.25, 0.3) is 0 Å². The lowest BCUT2D eigenvalue weighted by molar-refractivity contribution is 0.0946. The largest absolute Gasteiger partial charge is 0.454 e. The van der Waals surface area contributed by atoms with Gasteiger partial charge in [0.1, 0.15) is 11.5 Å². The molecule has 132 valence electrons. The normalized spacial score (nSPS) is 15.9. The summed E-state index contributed by atoms with van der Waals surface area (Å²) in [6.45, 7) is 6.63. The van der Waals surface area contributed by atoms with Gasteiger partial charge in [0.2, 0.25) is 6.79 Å². The number of ether oxygens (including phenoxy) is 2. The maximum absolute atomic E-state index is 12.4. The van der Waals surface area contributed by atoms with Crippen molar-refractivity contribution in [2.75, 3.05) is 19.9 Å². The first-order chi connectivity index (χ1) is 12.2. The number of carbonyl (C=O) groups excluding carboxylic acids is 1.